The van der Waals surface area contributed by atoms with Crippen LogP contribution in [0.4, 0.5) is 28.6 Å². The van der Waals surface area contributed by atoms with Gasteiger partial charge in [0.1, 0.15) is 24.0 Å². The second-order valence-corrected chi connectivity index (χ2v) is 16.5. The topological polar surface area (TPSA) is 279 Å². The molecule has 2 aromatic carbocycles. The number of nitrogens with one attached hydrogen (secondary N) is 5. The van der Waals surface area contributed by atoms with E-state index >= 15 is 0 Å². The number of methoxy groups -OCH3 is 2. The first-order chi connectivity index (χ1) is 34.2. The Morgan fingerprint density at radius 2 is 1.15 bits per heavy atom. The molecule has 2 atom stereocenters. The number of aromatic nitrogens is 8. The van der Waals surface area contributed by atoms with Crippen LogP contribution in [0.25, 0.3) is 22.3 Å². The summed E-state index contributed by atoms with van der Waals surface area (Å²) in [6, 6.07) is 14.4. The van der Waals surface area contributed by atoms with Crippen molar-refractivity contribution in [2.75, 3.05) is 57.5 Å². The number of amides is 4. The van der Waals surface area contributed by atoms with Crippen molar-refractivity contribution in [1.29, 1.82) is 0 Å². The number of anilines is 5. The van der Waals surface area contributed by atoms with E-state index < -0.39 is 5.91 Å². The lowest BCUT2D eigenvalue weighted by Gasteiger charge is -2.16. The quantitative estimate of drug-likeness (QED) is 0.0481. The smallest absolute Gasteiger partial charge is 0.273 e. The van der Waals surface area contributed by atoms with Crippen molar-refractivity contribution in [2.24, 2.45) is 17.6 Å². The number of carbonyl (C=O) groups is 4. The van der Waals surface area contributed by atoms with Crippen LogP contribution in [0.5, 0.6) is 11.5 Å². The van der Waals surface area contributed by atoms with Gasteiger partial charge in [0.05, 0.1) is 49.4 Å². The zero-order valence-corrected chi connectivity index (χ0v) is 41.5. The van der Waals surface area contributed by atoms with Gasteiger partial charge in [0.2, 0.25) is 11.8 Å². The zero-order chi connectivity index (χ0) is 51.2. The molecule has 376 valence electrons. The third kappa shape index (κ3) is 13.8. The van der Waals surface area contributed by atoms with Gasteiger partial charge in [0.25, 0.3) is 11.8 Å². The van der Waals surface area contributed by atoms with E-state index in [0.717, 1.165) is 47.9 Å². The van der Waals surface area contributed by atoms with Crippen LogP contribution in [-0.4, -0.2) is 105 Å². The molecule has 0 saturated heterocycles. The monoisotopic (exact) mass is 994 g/mol. The Bertz CT molecular complexity index is 2810. The summed E-state index contributed by atoms with van der Waals surface area (Å²) < 4.78 is 26.1. The van der Waals surface area contributed by atoms with E-state index in [4.69, 9.17) is 36.3 Å². The Hall–Kier alpha value is -7.69. The molecule has 6 aromatic rings. The highest BCUT2D eigenvalue weighted by Gasteiger charge is 2.30. The van der Waals surface area contributed by atoms with Gasteiger partial charge < -0.3 is 51.3 Å². The molecular weight excluding hydrogens is 936 g/mol. The average molecular weight is 996 g/mol. The molecule has 0 radical (unpaired) electrons. The number of primary amides is 1. The molecule has 2 aliphatic rings. The first-order valence-electron chi connectivity index (χ1n) is 22.9. The number of halogens is 1. The van der Waals surface area contributed by atoms with Crippen LogP contribution in [0.1, 0.15) is 86.8 Å². The molecule has 4 heterocycles. The summed E-state index contributed by atoms with van der Waals surface area (Å²) in [7, 11) is 6.18. The van der Waals surface area contributed by atoms with Gasteiger partial charge in [-0.15, -0.1) is 20.4 Å². The highest BCUT2D eigenvalue weighted by molar-refractivity contribution is 6.29. The lowest BCUT2D eigenvalue weighted by atomic mass is 10.1. The highest BCUT2D eigenvalue weighted by Crippen LogP contribution is 2.40. The second kappa shape index (κ2) is 24.7. The molecule has 7 N–H and O–H groups in total. The number of nitrogens with two attached hydrogens (primary N) is 1. The summed E-state index contributed by atoms with van der Waals surface area (Å²) in [4.78, 5) is 46.8. The van der Waals surface area contributed by atoms with E-state index in [2.05, 4.69) is 57.2 Å². The predicted octanol–water partition coefficient (Wildman–Crippen LogP) is 6.90. The molecule has 0 bridgehead atoms. The molecule has 2 saturated carbocycles. The standard InChI is InChI=1S/C24H29N7O4.C20H23ClN6O3.C4H7NO/c1-5-35-14(2)31-13-16(12-26-31)17-7-6-8-18(22(17)34-4)27-19-11-20(28-23(32)15-9-10-15)29-30-21(19)24(33)25-3;1-5-30-12(2)27-11-13(10-23-27)14-7-6-8-15(19(14)29-4)24-16-9-17(21)25-26-18(16)20(28)22-3;5-4(6)3-1-2-3/h6-8,11-15H,5,9-10H2,1-4H3,(H,25,33)(H2,27,28,29,32);6-12H,5H2,1-4H3,(H,22,28)(H,24,25);3H,1-2H2,(H2,5,6). The Morgan fingerprint density at radius 1 is 0.690 bits per heavy atom. The van der Waals surface area contributed by atoms with Crippen LogP contribution in [0.15, 0.2) is 73.3 Å². The molecule has 4 aromatic heterocycles. The fraction of sp³-hybridized carbons (Fsp3) is 0.375. The van der Waals surface area contributed by atoms with Crippen LogP contribution in [0.2, 0.25) is 5.15 Å². The lowest BCUT2D eigenvalue weighted by Crippen LogP contribution is -2.22. The Labute approximate surface area is 415 Å². The molecule has 4 amide bonds. The first kappa shape index (κ1) is 52.7. The summed E-state index contributed by atoms with van der Waals surface area (Å²) in [5.41, 5.74) is 10.4. The van der Waals surface area contributed by atoms with E-state index in [1.54, 1.807) is 42.0 Å². The van der Waals surface area contributed by atoms with Crippen molar-refractivity contribution >= 4 is 63.8 Å². The summed E-state index contributed by atoms with van der Waals surface area (Å²) in [5, 5.41) is 38.9. The van der Waals surface area contributed by atoms with Crippen molar-refractivity contribution in [3.8, 4) is 33.8 Å². The Kier molecular flexibility index (Phi) is 18.4. The van der Waals surface area contributed by atoms with Crippen molar-refractivity contribution in [3.63, 3.8) is 0 Å². The molecule has 2 unspecified atom stereocenters. The van der Waals surface area contributed by atoms with Gasteiger partial charge in [-0.2, -0.15) is 10.2 Å². The fourth-order valence-electron chi connectivity index (χ4n) is 6.97. The normalized spacial score (nSPS) is 13.5. The van der Waals surface area contributed by atoms with Crippen LogP contribution >= 0.6 is 11.6 Å². The number of hydrogen-bond acceptors (Lipinski definition) is 16. The molecule has 23 heteroatoms. The van der Waals surface area contributed by atoms with E-state index in [1.807, 2.05) is 76.5 Å². The van der Waals surface area contributed by atoms with Gasteiger partial charge in [-0.25, -0.2) is 9.36 Å². The van der Waals surface area contributed by atoms with Crippen LogP contribution in [0.3, 0.4) is 0 Å². The van der Waals surface area contributed by atoms with Crippen LogP contribution < -0.4 is 41.8 Å². The Morgan fingerprint density at radius 3 is 1.56 bits per heavy atom. The third-order valence-electron chi connectivity index (χ3n) is 11.0. The SMILES string of the molecule is CCOC(C)n1cc(-c2cccc(Nc3cc(Cl)nnc3C(=O)NC)c2OC)cn1.CCOC(C)n1cc(-c2cccc(Nc3cc(NC(=O)C4CC4)nnc3C(=O)NC)c2OC)cn1.NC(=O)C1CC1. The summed E-state index contributed by atoms with van der Waals surface area (Å²) in [6.45, 7) is 8.89. The van der Waals surface area contributed by atoms with Gasteiger partial charge in [-0.05, 0) is 65.5 Å². The number of hydrogen-bond donors (Lipinski definition) is 6. The van der Waals surface area contributed by atoms with E-state index in [1.165, 1.54) is 20.2 Å². The highest BCUT2D eigenvalue weighted by atomic mass is 35.5. The molecule has 2 aliphatic carbocycles. The van der Waals surface area contributed by atoms with E-state index in [-0.39, 0.29) is 64.4 Å². The predicted molar refractivity (Wildman–Crippen MR) is 267 cm³/mol. The Balaban J connectivity index is 0.000000209. The van der Waals surface area contributed by atoms with Gasteiger partial charge in [-0.3, -0.25) is 19.2 Å². The molecule has 0 aliphatic heterocycles. The number of rotatable bonds is 19. The largest absolute Gasteiger partial charge is 0.494 e. The maximum absolute atomic E-state index is 12.4. The molecule has 22 nitrogen and oxygen atoms in total. The number of benzene rings is 2. The summed E-state index contributed by atoms with van der Waals surface area (Å²) in [5.74, 6) is 0.616. The van der Waals surface area contributed by atoms with Crippen LogP contribution in [-0.2, 0) is 19.1 Å². The number of carbonyl (C=O) groups excluding carboxylic acids is 4. The second-order valence-electron chi connectivity index (χ2n) is 16.1. The first-order valence-corrected chi connectivity index (χ1v) is 23.3. The molecule has 8 rings (SSSR count). The number of ether oxygens (including phenoxy) is 4. The van der Waals surface area contributed by atoms with Gasteiger partial charge in [0, 0.05) is 85.9 Å². The van der Waals surface area contributed by atoms with Crippen LogP contribution in [0, 0.1) is 11.8 Å². The third-order valence-corrected chi connectivity index (χ3v) is 11.2. The fourth-order valence-corrected chi connectivity index (χ4v) is 7.11. The molecule has 71 heavy (non-hydrogen) atoms. The van der Waals surface area contributed by atoms with E-state index in [9.17, 15) is 19.2 Å². The zero-order valence-electron chi connectivity index (χ0n) is 40.8. The minimum atomic E-state index is -0.415. The average Bonchev–Trinajstić information content (AvgIpc) is 4.31. The van der Waals surface area contributed by atoms with Gasteiger partial charge in [-0.1, -0.05) is 35.9 Å². The maximum Gasteiger partial charge on any atom is 0.273 e. The maximum atomic E-state index is 12.4. The summed E-state index contributed by atoms with van der Waals surface area (Å²) in [6.07, 6.45) is 10.7. The number of nitrogens with zero attached hydrogens (tertiary/aromatic N) is 8. The lowest BCUT2D eigenvalue weighted by molar-refractivity contribution is -0.119. The van der Waals surface area contributed by atoms with Gasteiger partial charge in [0.15, 0.2) is 22.4 Å². The molecule has 2 fully saturated rings. The molecular formula is C48H59ClN14O8. The molecule has 0 spiro atoms. The van der Waals surface area contributed by atoms with Crippen molar-refractivity contribution in [2.45, 2.75) is 65.8 Å². The number of para-hydroxylation sites is 2. The minimum Gasteiger partial charge on any atom is -0.494 e. The minimum absolute atomic E-state index is 0.00922. The van der Waals surface area contributed by atoms with Gasteiger partial charge >= 0.3 is 0 Å². The van der Waals surface area contributed by atoms with Crippen molar-refractivity contribution in [1.82, 2.24) is 50.6 Å². The van der Waals surface area contributed by atoms with E-state index in [0.29, 0.717) is 47.5 Å². The summed E-state index contributed by atoms with van der Waals surface area (Å²) >= 11 is 5.99. The van der Waals surface area contributed by atoms with Crippen molar-refractivity contribution in [3.05, 3.63) is 89.9 Å². The van der Waals surface area contributed by atoms with Crippen molar-refractivity contribution < 1.29 is 38.1 Å².